The van der Waals surface area contributed by atoms with Gasteiger partial charge in [0.2, 0.25) is 5.16 Å². The van der Waals surface area contributed by atoms with Gasteiger partial charge in [0.25, 0.3) is 0 Å². The van der Waals surface area contributed by atoms with Crippen molar-refractivity contribution in [2.24, 2.45) is 0 Å². The Morgan fingerprint density at radius 2 is 2.11 bits per heavy atom. The zero-order chi connectivity index (χ0) is 20.1. The SMILES string of the molecule is CCSc1ccnc(CS(=O)c2nc3ccccc3n2C(=O)OCCCl)c1C. The number of aromatic nitrogens is 3. The maximum absolute atomic E-state index is 13.2. The zero-order valence-electron chi connectivity index (χ0n) is 15.6. The van der Waals surface area contributed by atoms with Gasteiger partial charge in [0.15, 0.2) is 0 Å². The molecule has 1 aromatic carbocycles. The maximum atomic E-state index is 13.2. The van der Waals surface area contributed by atoms with Crippen LogP contribution in [0.1, 0.15) is 18.2 Å². The van der Waals surface area contributed by atoms with Gasteiger partial charge in [-0.3, -0.25) is 9.19 Å². The summed E-state index contributed by atoms with van der Waals surface area (Å²) in [6, 6.07) is 9.07. The topological polar surface area (TPSA) is 74.1 Å². The molecule has 28 heavy (non-hydrogen) atoms. The molecule has 0 bridgehead atoms. The summed E-state index contributed by atoms with van der Waals surface area (Å²) in [6.07, 6.45) is 1.08. The van der Waals surface area contributed by atoms with Gasteiger partial charge in [0.05, 0.1) is 39.2 Å². The number of para-hydroxylation sites is 2. The van der Waals surface area contributed by atoms with E-state index in [1.54, 1.807) is 36.2 Å². The maximum Gasteiger partial charge on any atom is 0.420 e. The number of pyridine rings is 1. The van der Waals surface area contributed by atoms with Crippen LogP contribution in [0.2, 0.25) is 0 Å². The number of hydrogen-bond donors (Lipinski definition) is 0. The second-order valence-corrected chi connectivity index (χ2v) is 8.85. The molecular formula is C19H20ClN3O3S2. The predicted molar refractivity (Wildman–Crippen MR) is 113 cm³/mol. The van der Waals surface area contributed by atoms with Crippen LogP contribution in [0.15, 0.2) is 46.6 Å². The number of benzene rings is 1. The van der Waals surface area contributed by atoms with E-state index in [1.807, 2.05) is 19.1 Å². The number of hydrogen-bond acceptors (Lipinski definition) is 6. The summed E-state index contributed by atoms with van der Waals surface area (Å²) in [5.41, 5.74) is 2.85. The van der Waals surface area contributed by atoms with Crippen LogP contribution in [-0.4, -0.2) is 43.1 Å². The first-order valence-corrected chi connectivity index (χ1v) is 11.6. The molecule has 0 saturated carbocycles. The highest BCUT2D eigenvalue weighted by Gasteiger charge is 2.23. The largest absolute Gasteiger partial charge is 0.448 e. The van der Waals surface area contributed by atoms with Crippen LogP contribution >= 0.6 is 23.4 Å². The molecule has 0 saturated heterocycles. The van der Waals surface area contributed by atoms with Crippen molar-refractivity contribution in [2.45, 2.75) is 29.7 Å². The Morgan fingerprint density at radius 1 is 1.32 bits per heavy atom. The molecule has 0 amide bonds. The molecule has 0 N–H and O–H groups in total. The van der Waals surface area contributed by atoms with E-state index in [2.05, 4.69) is 16.9 Å². The first-order valence-electron chi connectivity index (χ1n) is 8.73. The van der Waals surface area contributed by atoms with E-state index in [-0.39, 0.29) is 23.4 Å². The van der Waals surface area contributed by atoms with Gasteiger partial charge in [0.1, 0.15) is 6.61 Å². The number of fused-ring (bicyclic) bond motifs is 1. The minimum Gasteiger partial charge on any atom is -0.448 e. The molecule has 9 heteroatoms. The number of alkyl halides is 1. The van der Waals surface area contributed by atoms with Gasteiger partial charge >= 0.3 is 6.09 Å². The van der Waals surface area contributed by atoms with E-state index in [4.69, 9.17) is 16.3 Å². The second kappa shape index (κ2) is 9.54. The van der Waals surface area contributed by atoms with Crippen molar-refractivity contribution < 1.29 is 13.7 Å². The van der Waals surface area contributed by atoms with Crippen LogP contribution in [0.5, 0.6) is 0 Å². The van der Waals surface area contributed by atoms with Gasteiger partial charge in [-0.15, -0.1) is 23.4 Å². The molecule has 0 spiro atoms. The van der Waals surface area contributed by atoms with Crippen LogP contribution in [0, 0.1) is 6.92 Å². The average Bonchev–Trinajstić information content (AvgIpc) is 3.09. The average molecular weight is 438 g/mol. The summed E-state index contributed by atoms with van der Waals surface area (Å²) >= 11 is 7.33. The third kappa shape index (κ3) is 4.39. The third-order valence-corrected chi connectivity index (χ3v) is 6.46. The van der Waals surface area contributed by atoms with Crippen molar-refractivity contribution in [3.8, 4) is 0 Å². The van der Waals surface area contributed by atoms with Crippen molar-refractivity contribution in [1.82, 2.24) is 14.5 Å². The molecule has 6 nitrogen and oxygen atoms in total. The quantitative estimate of drug-likeness (QED) is 0.403. The van der Waals surface area contributed by atoms with Crippen molar-refractivity contribution >= 4 is 51.3 Å². The summed E-state index contributed by atoms with van der Waals surface area (Å²) in [6.45, 7) is 4.11. The Kier molecular flexibility index (Phi) is 7.09. The summed E-state index contributed by atoms with van der Waals surface area (Å²) < 4.78 is 19.6. The highest BCUT2D eigenvalue weighted by Crippen LogP contribution is 2.26. The molecule has 2 heterocycles. The zero-order valence-corrected chi connectivity index (χ0v) is 17.9. The number of thioether (sulfide) groups is 1. The van der Waals surface area contributed by atoms with Gasteiger partial charge in [-0.05, 0) is 36.4 Å². The van der Waals surface area contributed by atoms with Crippen LogP contribution in [0.3, 0.4) is 0 Å². The molecule has 0 radical (unpaired) electrons. The van der Waals surface area contributed by atoms with E-state index in [0.29, 0.717) is 11.0 Å². The first kappa shape index (κ1) is 20.8. The van der Waals surface area contributed by atoms with Crippen LogP contribution < -0.4 is 0 Å². The Balaban J connectivity index is 1.98. The van der Waals surface area contributed by atoms with Crippen LogP contribution in [-0.2, 0) is 21.3 Å². The molecule has 1 unspecified atom stereocenters. The Morgan fingerprint density at radius 3 is 2.86 bits per heavy atom. The van der Waals surface area contributed by atoms with Crippen LogP contribution in [0.25, 0.3) is 11.0 Å². The molecule has 3 aromatic rings. The lowest BCUT2D eigenvalue weighted by Gasteiger charge is -2.10. The molecule has 3 rings (SSSR count). The smallest absolute Gasteiger partial charge is 0.420 e. The van der Waals surface area contributed by atoms with Gasteiger partial charge in [-0.1, -0.05) is 19.1 Å². The van der Waals surface area contributed by atoms with E-state index in [1.165, 1.54) is 4.57 Å². The third-order valence-electron chi connectivity index (χ3n) is 4.05. The predicted octanol–water partition coefficient (Wildman–Crippen LogP) is 4.38. The number of ether oxygens (including phenoxy) is 1. The number of imidazole rings is 1. The number of rotatable bonds is 7. The minimum atomic E-state index is -1.58. The normalized spacial score (nSPS) is 12.2. The molecule has 0 aliphatic rings. The van der Waals surface area contributed by atoms with E-state index >= 15 is 0 Å². The molecular weight excluding hydrogens is 418 g/mol. The Labute approximate surface area is 175 Å². The fraction of sp³-hybridized carbons (Fsp3) is 0.316. The summed E-state index contributed by atoms with van der Waals surface area (Å²) in [4.78, 5) is 22.5. The Bertz CT molecular complexity index is 1020. The number of carbonyl (C=O) groups excluding carboxylic acids is 1. The molecule has 0 fully saturated rings. The Hall–Kier alpha value is -1.90. The summed E-state index contributed by atoms with van der Waals surface area (Å²) in [5.74, 6) is 1.29. The number of nitrogens with zero attached hydrogens (tertiary/aromatic N) is 3. The highest BCUT2D eigenvalue weighted by atomic mass is 35.5. The van der Waals surface area contributed by atoms with Gasteiger partial charge in [-0.2, -0.15) is 0 Å². The molecule has 1 atom stereocenters. The molecule has 148 valence electrons. The van der Waals surface area contributed by atoms with Crippen molar-refractivity contribution in [2.75, 3.05) is 18.2 Å². The second-order valence-electron chi connectivity index (χ2n) is 5.83. The van der Waals surface area contributed by atoms with Crippen LogP contribution in [0.4, 0.5) is 4.79 Å². The standard InChI is InChI=1S/C19H20ClN3O3S2/c1-3-27-17-8-10-21-15(13(17)2)12-28(25)18-22-14-6-4-5-7-16(14)23(18)19(24)26-11-9-20/h4-8,10H,3,9,11-12H2,1-2H3. The van der Waals surface area contributed by atoms with Crippen molar-refractivity contribution in [3.63, 3.8) is 0 Å². The van der Waals surface area contributed by atoms with Gasteiger partial charge < -0.3 is 4.74 Å². The highest BCUT2D eigenvalue weighted by molar-refractivity contribution is 7.99. The van der Waals surface area contributed by atoms with Crippen molar-refractivity contribution in [1.29, 1.82) is 0 Å². The van der Waals surface area contributed by atoms with E-state index in [0.717, 1.165) is 21.9 Å². The summed E-state index contributed by atoms with van der Waals surface area (Å²) in [5, 5.41) is 0.149. The van der Waals surface area contributed by atoms with E-state index < -0.39 is 16.9 Å². The monoisotopic (exact) mass is 437 g/mol. The van der Waals surface area contributed by atoms with Gasteiger partial charge in [0, 0.05) is 11.1 Å². The summed E-state index contributed by atoms with van der Waals surface area (Å²) in [7, 11) is -1.58. The van der Waals surface area contributed by atoms with Crippen molar-refractivity contribution in [3.05, 3.63) is 47.8 Å². The van der Waals surface area contributed by atoms with E-state index in [9.17, 15) is 9.00 Å². The first-order chi connectivity index (χ1) is 13.6. The number of halogens is 1. The lowest BCUT2D eigenvalue weighted by molar-refractivity contribution is 0.153. The minimum absolute atomic E-state index is 0.0654. The lowest BCUT2D eigenvalue weighted by Crippen LogP contribution is -2.19. The molecule has 0 aliphatic carbocycles. The molecule has 0 aliphatic heterocycles. The van der Waals surface area contributed by atoms with Gasteiger partial charge in [-0.25, -0.2) is 14.3 Å². The molecule has 2 aromatic heterocycles. The number of carbonyl (C=O) groups is 1. The fourth-order valence-electron chi connectivity index (χ4n) is 2.73. The lowest BCUT2D eigenvalue weighted by atomic mass is 10.2. The fourth-order valence-corrected chi connectivity index (χ4v) is 4.85.